The van der Waals surface area contributed by atoms with E-state index in [-0.39, 0.29) is 5.97 Å². The van der Waals surface area contributed by atoms with E-state index in [2.05, 4.69) is 5.16 Å². The van der Waals surface area contributed by atoms with Crippen molar-refractivity contribution in [3.05, 3.63) is 0 Å². The Labute approximate surface area is 107 Å². The van der Waals surface area contributed by atoms with E-state index in [0.29, 0.717) is 19.3 Å². The Morgan fingerprint density at radius 1 is 1.33 bits per heavy atom. The fourth-order valence-corrected chi connectivity index (χ4v) is 2.51. The van der Waals surface area contributed by atoms with E-state index in [1.807, 2.05) is 6.92 Å². The summed E-state index contributed by atoms with van der Waals surface area (Å²) in [4.78, 5) is 16.8. The van der Waals surface area contributed by atoms with Crippen molar-refractivity contribution in [2.45, 2.75) is 70.2 Å². The number of hydrogen-bond donors (Lipinski definition) is 1. The molecule has 2 heterocycles. The molecular formula is C13H21NO4. The van der Waals surface area contributed by atoms with Gasteiger partial charge in [0.15, 0.2) is 5.60 Å². The molecule has 5 heteroatoms. The topological polar surface area (TPSA) is 68.1 Å². The molecule has 0 amide bonds. The van der Waals surface area contributed by atoms with E-state index in [9.17, 15) is 9.90 Å². The maximum atomic E-state index is 11.8. The zero-order valence-corrected chi connectivity index (χ0v) is 10.9. The molecule has 0 saturated carbocycles. The quantitative estimate of drug-likeness (QED) is 0.729. The van der Waals surface area contributed by atoms with E-state index in [0.717, 1.165) is 37.8 Å². The summed E-state index contributed by atoms with van der Waals surface area (Å²) in [6.07, 6.45) is 5.14. The first-order valence-corrected chi connectivity index (χ1v) is 6.78. The SMILES string of the molecule is CC[C@]12CC(=NO[C@@H]1O)CCCCCCC(=O)O2. The Morgan fingerprint density at radius 2 is 2.06 bits per heavy atom. The number of oxime groups is 1. The van der Waals surface area contributed by atoms with Crippen LogP contribution in [0.5, 0.6) is 0 Å². The molecule has 1 N–H and O–H groups in total. The average molecular weight is 255 g/mol. The summed E-state index contributed by atoms with van der Waals surface area (Å²) < 4.78 is 5.51. The van der Waals surface area contributed by atoms with Gasteiger partial charge in [0.05, 0.1) is 5.71 Å². The molecule has 0 aromatic heterocycles. The molecule has 1 saturated heterocycles. The van der Waals surface area contributed by atoms with Gasteiger partial charge in [-0.05, 0) is 25.7 Å². The first kappa shape index (κ1) is 13.3. The smallest absolute Gasteiger partial charge is 0.306 e. The number of carbonyl (C=O) groups is 1. The van der Waals surface area contributed by atoms with Crippen LogP contribution in [-0.2, 0) is 14.4 Å². The summed E-state index contributed by atoms with van der Waals surface area (Å²) in [7, 11) is 0. The molecule has 0 spiro atoms. The second kappa shape index (κ2) is 5.69. The molecule has 0 radical (unpaired) electrons. The van der Waals surface area contributed by atoms with Crippen LogP contribution in [0, 0.1) is 0 Å². The fourth-order valence-electron chi connectivity index (χ4n) is 2.51. The summed E-state index contributed by atoms with van der Waals surface area (Å²) in [5.41, 5.74) is -0.0600. The number of aliphatic hydroxyl groups excluding tert-OH is 1. The van der Waals surface area contributed by atoms with Crippen LogP contribution in [0.15, 0.2) is 5.16 Å². The van der Waals surface area contributed by atoms with Crippen LogP contribution in [0.3, 0.4) is 0 Å². The fraction of sp³-hybridized carbons (Fsp3) is 0.846. The highest BCUT2D eigenvalue weighted by atomic mass is 16.7. The lowest BCUT2D eigenvalue weighted by Gasteiger charge is -2.37. The first-order valence-electron chi connectivity index (χ1n) is 6.78. The van der Waals surface area contributed by atoms with E-state index in [4.69, 9.17) is 9.57 Å². The van der Waals surface area contributed by atoms with Gasteiger partial charge in [-0.2, -0.15) is 0 Å². The molecule has 0 unspecified atom stereocenters. The van der Waals surface area contributed by atoms with Crippen LogP contribution in [0.1, 0.15) is 58.3 Å². The minimum atomic E-state index is -1.16. The van der Waals surface area contributed by atoms with E-state index >= 15 is 0 Å². The molecule has 2 rings (SSSR count). The van der Waals surface area contributed by atoms with Crippen LogP contribution in [-0.4, -0.2) is 28.7 Å². The molecule has 2 aliphatic rings. The summed E-state index contributed by atoms with van der Waals surface area (Å²) in [5, 5.41) is 13.9. The molecule has 2 atom stereocenters. The highest BCUT2D eigenvalue weighted by Gasteiger charge is 2.46. The van der Waals surface area contributed by atoms with Crippen molar-refractivity contribution in [3.8, 4) is 0 Å². The normalized spacial score (nSPS) is 33.8. The Morgan fingerprint density at radius 3 is 2.78 bits per heavy atom. The third-order valence-electron chi connectivity index (χ3n) is 3.75. The number of hydrogen-bond acceptors (Lipinski definition) is 5. The number of rotatable bonds is 1. The zero-order chi connectivity index (χ0) is 13.0. The standard InChI is InChI=1S/C13H21NO4/c1-2-13-9-10(14-18-12(13)16)7-5-3-4-6-8-11(15)17-13/h12,16H,2-9H2,1H3/t12-,13-/m0/s1. The van der Waals surface area contributed by atoms with Gasteiger partial charge in [-0.1, -0.05) is 24.9 Å². The zero-order valence-electron chi connectivity index (χ0n) is 10.9. The van der Waals surface area contributed by atoms with Gasteiger partial charge in [-0.3, -0.25) is 4.79 Å². The lowest BCUT2D eigenvalue weighted by Crippen LogP contribution is -2.50. The van der Waals surface area contributed by atoms with Crippen molar-refractivity contribution < 1.29 is 19.5 Å². The molecule has 2 aliphatic heterocycles. The highest BCUT2D eigenvalue weighted by Crippen LogP contribution is 2.32. The Balaban J connectivity index is 2.19. The van der Waals surface area contributed by atoms with E-state index in [1.54, 1.807) is 0 Å². The molecule has 5 nitrogen and oxygen atoms in total. The van der Waals surface area contributed by atoms with E-state index < -0.39 is 11.9 Å². The molecule has 18 heavy (non-hydrogen) atoms. The Hall–Kier alpha value is -1.10. The molecule has 0 aliphatic carbocycles. The predicted octanol–water partition coefficient (Wildman–Crippen LogP) is 2.13. The summed E-state index contributed by atoms with van der Waals surface area (Å²) in [6, 6.07) is 0. The lowest BCUT2D eigenvalue weighted by molar-refractivity contribution is -0.237. The monoisotopic (exact) mass is 255 g/mol. The van der Waals surface area contributed by atoms with Crippen molar-refractivity contribution in [1.82, 2.24) is 0 Å². The Bertz CT molecular complexity index is 342. The number of carbonyl (C=O) groups excluding carboxylic acids is 1. The number of esters is 1. The van der Waals surface area contributed by atoms with Crippen molar-refractivity contribution >= 4 is 11.7 Å². The van der Waals surface area contributed by atoms with Gasteiger partial charge in [0, 0.05) is 12.8 Å². The van der Waals surface area contributed by atoms with Gasteiger partial charge < -0.3 is 14.7 Å². The maximum Gasteiger partial charge on any atom is 0.306 e. The summed E-state index contributed by atoms with van der Waals surface area (Å²) >= 11 is 0. The number of aliphatic hydroxyl groups is 1. The van der Waals surface area contributed by atoms with Crippen LogP contribution in [0.2, 0.25) is 0 Å². The second-order valence-electron chi connectivity index (χ2n) is 5.10. The van der Waals surface area contributed by atoms with Crippen molar-refractivity contribution in [3.63, 3.8) is 0 Å². The first-order chi connectivity index (χ1) is 8.66. The molecule has 0 aromatic rings. The third-order valence-corrected chi connectivity index (χ3v) is 3.75. The van der Waals surface area contributed by atoms with Gasteiger partial charge in [0.25, 0.3) is 6.29 Å². The average Bonchev–Trinajstić information content (AvgIpc) is 2.39. The molecule has 102 valence electrons. The van der Waals surface area contributed by atoms with Gasteiger partial charge in [-0.25, -0.2) is 0 Å². The van der Waals surface area contributed by atoms with Crippen molar-refractivity contribution in [2.75, 3.05) is 0 Å². The second-order valence-corrected chi connectivity index (χ2v) is 5.10. The molecule has 0 aromatic carbocycles. The Kier molecular flexibility index (Phi) is 4.22. The van der Waals surface area contributed by atoms with Gasteiger partial charge in [0.2, 0.25) is 0 Å². The largest absolute Gasteiger partial charge is 0.452 e. The van der Waals surface area contributed by atoms with E-state index in [1.165, 1.54) is 0 Å². The minimum absolute atomic E-state index is 0.248. The van der Waals surface area contributed by atoms with Gasteiger partial charge >= 0.3 is 5.97 Å². The van der Waals surface area contributed by atoms with Crippen LogP contribution in [0.25, 0.3) is 0 Å². The van der Waals surface area contributed by atoms with Crippen LogP contribution < -0.4 is 0 Å². The predicted molar refractivity (Wildman–Crippen MR) is 66.0 cm³/mol. The lowest BCUT2D eigenvalue weighted by atomic mass is 9.90. The molecular weight excluding hydrogens is 234 g/mol. The van der Waals surface area contributed by atoms with Gasteiger partial charge in [-0.15, -0.1) is 0 Å². The minimum Gasteiger partial charge on any atom is -0.452 e. The van der Waals surface area contributed by atoms with Crippen molar-refractivity contribution in [2.24, 2.45) is 5.16 Å². The van der Waals surface area contributed by atoms with Gasteiger partial charge in [0.1, 0.15) is 0 Å². The molecule has 2 bridgehead atoms. The highest BCUT2D eigenvalue weighted by molar-refractivity contribution is 5.86. The third kappa shape index (κ3) is 2.83. The number of ether oxygens (including phenoxy) is 1. The summed E-state index contributed by atoms with van der Waals surface area (Å²) in [6.45, 7) is 1.89. The number of fused-ring (bicyclic) bond motifs is 2. The summed E-state index contributed by atoms with van der Waals surface area (Å²) in [5.74, 6) is -0.248. The maximum absolute atomic E-state index is 11.8. The molecule has 1 fully saturated rings. The van der Waals surface area contributed by atoms with Crippen molar-refractivity contribution in [1.29, 1.82) is 0 Å². The van der Waals surface area contributed by atoms with Crippen LogP contribution >= 0.6 is 0 Å². The number of nitrogens with zero attached hydrogens (tertiary/aromatic N) is 1. The van der Waals surface area contributed by atoms with Crippen LogP contribution in [0.4, 0.5) is 0 Å².